The van der Waals surface area contributed by atoms with Crippen LogP contribution < -0.4 is 0 Å². The molecule has 12 heavy (non-hydrogen) atoms. The molecule has 0 fully saturated rings. The molecular formula is C9H10OS2. The molecule has 0 radical (unpaired) electrons. The molecule has 0 aliphatic carbocycles. The largest absolute Gasteiger partial charge is 0.294 e. The van der Waals surface area contributed by atoms with E-state index in [9.17, 15) is 4.79 Å². The zero-order valence-corrected chi connectivity index (χ0v) is 8.77. The Bertz CT molecular complexity index is 339. The van der Waals surface area contributed by atoms with E-state index < -0.39 is 0 Å². The molecule has 0 atom stereocenters. The number of thioether (sulfide) groups is 1. The number of rotatable bonds is 0. The Kier molecular flexibility index (Phi) is 2.00. The summed E-state index contributed by atoms with van der Waals surface area (Å²) in [5, 5.41) is 0. The first kappa shape index (κ1) is 8.32. The summed E-state index contributed by atoms with van der Waals surface area (Å²) < 4.78 is 0. The summed E-state index contributed by atoms with van der Waals surface area (Å²) in [6.07, 6.45) is 0.717. The zero-order chi connectivity index (χ0) is 8.72. The van der Waals surface area contributed by atoms with Crippen LogP contribution in [0.5, 0.6) is 0 Å². The van der Waals surface area contributed by atoms with Gasteiger partial charge in [0.25, 0.3) is 0 Å². The summed E-state index contributed by atoms with van der Waals surface area (Å²) in [5.74, 6) is 1.30. The van der Waals surface area contributed by atoms with Crippen molar-refractivity contribution in [3.05, 3.63) is 15.3 Å². The molecule has 2 heterocycles. The second-order valence-electron chi connectivity index (χ2n) is 2.94. The van der Waals surface area contributed by atoms with Gasteiger partial charge in [-0.2, -0.15) is 0 Å². The van der Waals surface area contributed by atoms with E-state index in [1.165, 1.54) is 14.6 Å². The van der Waals surface area contributed by atoms with Gasteiger partial charge in [0.15, 0.2) is 5.78 Å². The van der Waals surface area contributed by atoms with Crippen LogP contribution in [0.1, 0.15) is 26.5 Å². The summed E-state index contributed by atoms with van der Waals surface area (Å²) in [6.45, 7) is 4.14. The normalized spacial score (nSPS) is 16.3. The van der Waals surface area contributed by atoms with E-state index in [0.29, 0.717) is 12.2 Å². The lowest BCUT2D eigenvalue weighted by molar-refractivity contribution is 0.0984. The van der Waals surface area contributed by atoms with E-state index in [-0.39, 0.29) is 0 Å². The number of Topliss-reactive ketones (excluding diaryl/α,β-unsaturated/α-hetero) is 1. The summed E-state index contributed by atoms with van der Waals surface area (Å²) in [7, 11) is 0. The second kappa shape index (κ2) is 2.89. The fourth-order valence-electron chi connectivity index (χ4n) is 1.53. The van der Waals surface area contributed by atoms with Crippen molar-refractivity contribution in [1.29, 1.82) is 0 Å². The van der Waals surface area contributed by atoms with Gasteiger partial charge in [-0.1, -0.05) is 0 Å². The van der Waals surface area contributed by atoms with Crippen molar-refractivity contribution < 1.29 is 4.79 Å². The third-order valence-corrected chi connectivity index (χ3v) is 4.42. The highest BCUT2D eigenvalue weighted by Crippen LogP contribution is 2.39. The molecule has 0 saturated heterocycles. The van der Waals surface area contributed by atoms with E-state index in [1.807, 2.05) is 18.7 Å². The molecule has 3 heteroatoms. The van der Waals surface area contributed by atoms with Crippen molar-refractivity contribution >= 4 is 28.9 Å². The van der Waals surface area contributed by atoms with Crippen molar-refractivity contribution in [2.24, 2.45) is 0 Å². The van der Waals surface area contributed by atoms with Crippen LogP contribution in [0.4, 0.5) is 0 Å². The summed E-state index contributed by atoms with van der Waals surface area (Å²) in [6, 6.07) is 0. The second-order valence-corrected chi connectivity index (χ2v) is 5.47. The molecule has 2 rings (SSSR count). The molecule has 1 aromatic heterocycles. The van der Waals surface area contributed by atoms with Crippen molar-refractivity contribution in [3.8, 4) is 0 Å². The van der Waals surface area contributed by atoms with Crippen LogP contribution in [0.2, 0.25) is 0 Å². The zero-order valence-electron chi connectivity index (χ0n) is 7.14. The van der Waals surface area contributed by atoms with E-state index >= 15 is 0 Å². The SMILES string of the molecule is Cc1sc(C)c2c1SCCC2=O. The van der Waals surface area contributed by atoms with Crippen LogP contribution >= 0.6 is 23.1 Å². The first-order valence-electron chi connectivity index (χ1n) is 3.96. The number of hydrogen-bond acceptors (Lipinski definition) is 3. The third-order valence-electron chi connectivity index (χ3n) is 2.06. The predicted octanol–water partition coefficient (Wildman–Crippen LogP) is 3.04. The minimum Gasteiger partial charge on any atom is -0.294 e. The van der Waals surface area contributed by atoms with Crippen molar-refractivity contribution in [3.63, 3.8) is 0 Å². The number of carbonyl (C=O) groups is 1. The Morgan fingerprint density at radius 1 is 1.25 bits per heavy atom. The van der Waals surface area contributed by atoms with E-state index in [1.54, 1.807) is 11.3 Å². The maximum absolute atomic E-state index is 11.5. The Labute approximate surface area is 80.2 Å². The smallest absolute Gasteiger partial charge is 0.165 e. The standard InChI is InChI=1S/C9H10OS2/c1-5-8-7(10)3-4-11-9(8)6(2)12-5/h3-4H2,1-2H3. The van der Waals surface area contributed by atoms with Crippen LogP contribution in [-0.2, 0) is 0 Å². The van der Waals surface area contributed by atoms with Crippen LogP contribution in [-0.4, -0.2) is 11.5 Å². The highest BCUT2D eigenvalue weighted by Gasteiger charge is 2.23. The molecule has 0 saturated carbocycles. The molecule has 1 aliphatic heterocycles. The fourth-order valence-corrected chi connectivity index (χ4v) is 3.97. The molecular weight excluding hydrogens is 188 g/mol. The average molecular weight is 198 g/mol. The fraction of sp³-hybridized carbons (Fsp3) is 0.444. The lowest BCUT2D eigenvalue weighted by Crippen LogP contribution is -2.07. The molecule has 1 nitrogen and oxygen atoms in total. The van der Waals surface area contributed by atoms with Crippen LogP contribution in [0.3, 0.4) is 0 Å². The number of thiophene rings is 1. The third kappa shape index (κ3) is 1.12. The van der Waals surface area contributed by atoms with Gasteiger partial charge >= 0.3 is 0 Å². The van der Waals surface area contributed by atoms with Gasteiger partial charge < -0.3 is 0 Å². The number of hydrogen-bond donors (Lipinski definition) is 0. The van der Waals surface area contributed by atoms with E-state index in [0.717, 1.165) is 11.3 Å². The van der Waals surface area contributed by atoms with Crippen LogP contribution in [0.25, 0.3) is 0 Å². The Morgan fingerprint density at radius 3 is 2.67 bits per heavy atom. The molecule has 1 aromatic rings. The highest BCUT2D eigenvalue weighted by atomic mass is 32.2. The molecule has 0 aromatic carbocycles. The number of ketones is 1. The highest BCUT2D eigenvalue weighted by molar-refractivity contribution is 7.99. The molecule has 1 aliphatic rings. The lowest BCUT2D eigenvalue weighted by atomic mass is 10.1. The molecule has 0 bridgehead atoms. The van der Waals surface area contributed by atoms with Crippen LogP contribution in [0, 0.1) is 13.8 Å². The molecule has 64 valence electrons. The topological polar surface area (TPSA) is 17.1 Å². The minimum atomic E-state index is 0.339. The Balaban J connectivity index is 2.62. The van der Waals surface area contributed by atoms with Gasteiger partial charge in [-0.3, -0.25) is 4.79 Å². The maximum Gasteiger partial charge on any atom is 0.165 e. The van der Waals surface area contributed by atoms with Gasteiger partial charge in [0, 0.05) is 32.4 Å². The van der Waals surface area contributed by atoms with Crippen LogP contribution in [0.15, 0.2) is 4.90 Å². The molecule has 0 unspecified atom stereocenters. The molecule has 0 N–H and O–H groups in total. The summed E-state index contributed by atoms with van der Waals surface area (Å²) >= 11 is 3.58. The number of aryl methyl sites for hydroxylation is 2. The van der Waals surface area contributed by atoms with E-state index in [4.69, 9.17) is 0 Å². The van der Waals surface area contributed by atoms with Gasteiger partial charge in [0.2, 0.25) is 0 Å². The Morgan fingerprint density at radius 2 is 2.00 bits per heavy atom. The minimum absolute atomic E-state index is 0.339. The molecule has 0 amide bonds. The van der Waals surface area contributed by atoms with Gasteiger partial charge in [-0.25, -0.2) is 0 Å². The molecule has 0 spiro atoms. The summed E-state index contributed by atoms with van der Waals surface area (Å²) in [4.78, 5) is 15.3. The monoisotopic (exact) mass is 198 g/mol. The quantitative estimate of drug-likeness (QED) is 0.637. The first-order valence-corrected chi connectivity index (χ1v) is 5.76. The summed E-state index contributed by atoms with van der Waals surface area (Å²) in [5.41, 5.74) is 1.01. The van der Waals surface area contributed by atoms with Crippen molar-refractivity contribution in [1.82, 2.24) is 0 Å². The van der Waals surface area contributed by atoms with Gasteiger partial charge in [0.1, 0.15) is 0 Å². The first-order chi connectivity index (χ1) is 5.70. The van der Waals surface area contributed by atoms with Crippen molar-refractivity contribution in [2.75, 3.05) is 5.75 Å². The van der Waals surface area contributed by atoms with Crippen molar-refractivity contribution in [2.45, 2.75) is 25.2 Å². The van der Waals surface area contributed by atoms with E-state index in [2.05, 4.69) is 6.92 Å². The predicted molar refractivity (Wildman–Crippen MR) is 53.5 cm³/mol. The Hall–Kier alpha value is -0.280. The maximum atomic E-state index is 11.5. The van der Waals surface area contributed by atoms with Gasteiger partial charge in [-0.15, -0.1) is 23.1 Å². The lowest BCUT2D eigenvalue weighted by Gasteiger charge is -2.10. The van der Waals surface area contributed by atoms with Gasteiger partial charge in [0.05, 0.1) is 0 Å². The number of carbonyl (C=O) groups excluding carboxylic acids is 1. The number of fused-ring (bicyclic) bond motifs is 1. The average Bonchev–Trinajstić information content (AvgIpc) is 2.29. The van der Waals surface area contributed by atoms with Gasteiger partial charge in [-0.05, 0) is 13.8 Å².